The van der Waals surface area contributed by atoms with Gasteiger partial charge in [-0.25, -0.2) is 4.39 Å². The fourth-order valence-corrected chi connectivity index (χ4v) is 2.55. The van der Waals surface area contributed by atoms with Crippen LogP contribution in [0.3, 0.4) is 0 Å². The van der Waals surface area contributed by atoms with E-state index < -0.39 is 12.0 Å². The fourth-order valence-electron chi connectivity index (χ4n) is 2.55. The first kappa shape index (κ1) is 15.4. The van der Waals surface area contributed by atoms with Gasteiger partial charge in [0.25, 0.3) is 0 Å². The van der Waals surface area contributed by atoms with Gasteiger partial charge in [0, 0.05) is 6.54 Å². The van der Waals surface area contributed by atoms with Crippen molar-refractivity contribution in [2.75, 3.05) is 13.1 Å². The van der Waals surface area contributed by atoms with Crippen molar-refractivity contribution in [2.45, 2.75) is 32.4 Å². The summed E-state index contributed by atoms with van der Waals surface area (Å²) in [5.74, 6) is -1.37. The van der Waals surface area contributed by atoms with Crippen molar-refractivity contribution in [1.82, 2.24) is 10.2 Å². The van der Waals surface area contributed by atoms with E-state index in [-0.39, 0.29) is 18.3 Å². The molecule has 6 heteroatoms. The van der Waals surface area contributed by atoms with Gasteiger partial charge in [0.2, 0.25) is 5.91 Å². The van der Waals surface area contributed by atoms with Gasteiger partial charge in [0.1, 0.15) is 11.9 Å². The molecule has 1 aliphatic rings. The van der Waals surface area contributed by atoms with Crippen LogP contribution in [0.5, 0.6) is 0 Å². The number of hydrogen-bond donors (Lipinski definition) is 2. The number of carboxylic acid groups (broad SMARTS) is 1. The predicted molar refractivity (Wildman–Crippen MR) is 75.2 cm³/mol. The molecule has 5 nitrogen and oxygen atoms in total. The number of nitrogens with zero attached hydrogens (tertiary/aromatic N) is 1. The quantitative estimate of drug-likeness (QED) is 0.859. The SMILES string of the molecule is Cc1cc(CNC(=O)CN2CCCC2C(=O)O)ccc1F. The summed E-state index contributed by atoms with van der Waals surface area (Å²) in [4.78, 5) is 24.6. The summed E-state index contributed by atoms with van der Waals surface area (Å²) >= 11 is 0. The van der Waals surface area contributed by atoms with Crippen LogP contribution in [-0.2, 0) is 16.1 Å². The minimum atomic E-state index is -0.880. The van der Waals surface area contributed by atoms with Crippen LogP contribution in [0, 0.1) is 12.7 Å². The van der Waals surface area contributed by atoms with E-state index in [1.807, 2.05) is 0 Å². The Morgan fingerprint density at radius 3 is 2.90 bits per heavy atom. The van der Waals surface area contributed by atoms with E-state index >= 15 is 0 Å². The smallest absolute Gasteiger partial charge is 0.320 e. The molecule has 1 fully saturated rings. The van der Waals surface area contributed by atoms with Gasteiger partial charge in [-0.2, -0.15) is 0 Å². The minimum absolute atomic E-state index is 0.0805. The largest absolute Gasteiger partial charge is 0.480 e. The van der Waals surface area contributed by atoms with E-state index in [1.165, 1.54) is 6.07 Å². The number of aliphatic carboxylic acids is 1. The van der Waals surface area contributed by atoms with Crippen LogP contribution in [0.1, 0.15) is 24.0 Å². The van der Waals surface area contributed by atoms with Gasteiger partial charge in [-0.05, 0) is 43.5 Å². The molecule has 1 saturated heterocycles. The van der Waals surface area contributed by atoms with E-state index in [1.54, 1.807) is 24.0 Å². The molecule has 2 N–H and O–H groups in total. The number of hydrogen-bond acceptors (Lipinski definition) is 3. The normalized spacial score (nSPS) is 18.7. The number of halogens is 1. The molecular weight excluding hydrogens is 275 g/mol. The number of aryl methyl sites for hydroxylation is 1. The number of amides is 1. The van der Waals surface area contributed by atoms with Gasteiger partial charge >= 0.3 is 5.97 Å². The maximum Gasteiger partial charge on any atom is 0.320 e. The van der Waals surface area contributed by atoms with E-state index in [0.717, 1.165) is 12.0 Å². The lowest BCUT2D eigenvalue weighted by Gasteiger charge is -2.20. The highest BCUT2D eigenvalue weighted by molar-refractivity contribution is 5.80. The van der Waals surface area contributed by atoms with Gasteiger partial charge in [0.05, 0.1) is 6.54 Å². The lowest BCUT2D eigenvalue weighted by molar-refractivity contribution is -0.142. The zero-order valence-electron chi connectivity index (χ0n) is 11.9. The van der Waals surface area contributed by atoms with Gasteiger partial charge in [-0.1, -0.05) is 12.1 Å². The van der Waals surface area contributed by atoms with Crippen LogP contribution >= 0.6 is 0 Å². The van der Waals surface area contributed by atoms with Gasteiger partial charge in [-0.15, -0.1) is 0 Å². The van der Waals surface area contributed by atoms with Gasteiger partial charge in [0.15, 0.2) is 0 Å². The van der Waals surface area contributed by atoms with Crippen molar-refractivity contribution in [3.63, 3.8) is 0 Å². The Morgan fingerprint density at radius 1 is 1.48 bits per heavy atom. The minimum Gasteiger partial charge on any atom is -0.480 e. The molecular formula is C15H19FN2O3. The van der Waals surface area contributed by atoms with Gasteiger partial charge < -0.3 is 10.4 Å². The molecule has 1 aliphatic heterocycles. The molecule has 1 atom stereocenters. The molecule has 1 aromatic carbocycles. The molecule has 0 saturated carbocycles. The van der Waals surface area contributed by atoms with Gasteiger partial charge in [-0.3, -0.25) is 14.5 Å². The monoisotopic (exact) mass is 294 g/mol. The molecule has 1 heterocycles. The molecule has 1 amide bonds. The number of carbonyl (C=O) groups is 2. The van der Waals surface area contributed by atoms with Crippen molar-refractivity contribution >= 4 is 11.9 Å². The molecule has 0 aliphatic carbocycles. The first-order valence-corrected chi connectivity index (χ1v) is 6.96. The first-order chi connectivity index (χ1) is 9.97. The summed E-state index contributed by atoms with van der Waals surface area (Å²) in [5.41, 5.74) is 1.35. The predicted octanol–water partition coefficient (Wildman–Crippen LogP) is 1.30. The van der Waals surface area contributed by atoms with Crippen LogP contribution in [0.25, 0.3) is 0 Å². The Hall–Kier alpha value is -1.95. The highest BCUT2D eigenvalue weighted by Gasteiger charge is 2.31. The number of likely N-dealkylation sites (tertiary alicyclic amines) is 1. The van der Waals surface area contributed by atoms with Crippen molar-refractivity contribution < 1.29 is 19.1 Å². The second-order valence-electron chi connectivity index (χ2n) is 5.33. The Morgan fingerprint density at radius 2 is 2.24 bits per heavy atom. The third-order valence-corrected chi connectivity index (χ3v) is 3.71. The zero-order chi connectivity index (χ0) is 15.4. The average Bonchev–Trinajstić information content (AvgIpc) is 2.88. The molecule has 1 unspecified atom stereocenters. The topological polar surface area (TPSA) is 69.6 Å². The summed E-state index contributed by atoms with van der Waals surface area (Å²) in [6.07, 6.45) is 1.38. The Labute approximate surface area is 122 Å². The number of carbonyl (C=O) groups excluding carboxylic acids is 1. The van der Waals surface area contributed by atoms with Crippen molar-refractivity contribution in [3.8, 4) is 0 Å². The molecule has 1 aromatic rings. The Bertz CT molecular complexity index is 548. The highest BCUT2D eigenvalue weighted by atomic mass is 19.1. The summed E-state index contributed by atoms with van der Waals surface area (Å²) in [6.45, 7) is 2.69. The van der Waals surface area contributed by atoms with Crippen LogP contribution in [0.2, 0.25) is 0 Å². The molecule has 2 rings (SSSR count). The molecule has 21 heavy (non-hydrogen) atoms. The molecule has 0 radical (unpaired) electrons. The lowest BCUT2D eigenvalue weighted by Crippen LogP contribution is -2.42. The molecule has 0 bridgehead atoms. The Kier molecular flexibility index (Phi) is 4.90. The Balaban J connectivity index is 1.84. The van der Waals surface area contributed by atoms with Crippen LogP contribution in [-0.4, -0.2) is 41.0 Å². The zero-order valence-corrected chi connectivity index (χ0v) is 11.9. The third kappa shape index (κ3) is 4.01. The maximum atomic E-state index is 13.1. The summed E-state index contributed by atoms with van der Waals surface area (Å²) in [7, 11) is 0. The van der Waals surface area contributed by atoms with Crippen molar-refractivity contribution in [1.29, 1.82) is 0 Å². The highest BCUT2D eigenvalue weighted by Crippen LogP contribution is 2.16. The second kappa shape index (κ2) is 6.67. The summed E-state index contributed by atoms with van der Waals surface area (Å²) < 4.78 is 13.1. The third-order valence-electron chi connectivity index (χ3n) is 3.71. The number of benzene rings is 1. The maximum absolute atomic E-state index is 13.1. The molecule has 114 valence electrons. The molecule has 0 spiro atoms. The summed E-state index contributed by atoms with van der Waals surface area (Å²) in [6, 6.07) is 4.12. The number of nitrogens with one attached hydrogen (secondary N) is 1. The standard InChI is InChI=1S/C15H19FN2O3/c1-10-7-11(4-5-12(10)16)8-17-14(19)9-18-6-2-3-13(18)15(20)21/h4-5,7,13H,2-3,6,8-9H2,1H3,(H,17,19)(H,20,21). The second-order valence-corrected chi connectivity index (χ2v) is 5.33. The average molecular weight is 294 g/mol. The lowest BCUT2D eigenvalue weighted by atomic mass is 10.1. The van der Waals surface area contributed by atoms with E-state index in [0.29, 0.717) is 25.1 Å². The first-order valence-electron chi connectivity index (χ1n) is 6.96. The van der Waals surface area contributed by atoms with E-state index in [4.69, 9.17) is 5.11 Å². The van der Waals surface area contributed by atoms with Crippen molar-refractivity contribution in [3.05, 3.63) is 35.1 Å². The number of rotatable bonds is 5. The molecule has 0 aromatic heterocycles. The van der Waals surface area contributed by atoms with Crippen LogP contribution in [0.4, 0.5) is 4.39 Å². The fraction of sp³-hybridized carbons (Fsp3) is 0.467. The van der Waals surface area contributed by atoms with E-state index in [2.05, 4.69) is 5.32 Å². The number of carboxylic acids is 1. The van der Waals surface area contributed by atoms with Crippen LogP contribution in [0.15, 0.2) is 18.2 Å². The van der Waals surface area contributed by atoms with Crippen molar-refractivity contribution in [2.24, 2.45) is 0 Å². The summed E-state index contributed by atoms with van der Waals surface area (Å²) in [5, 5.41) is 11.8. The van der Waals surface area contributed by atoms with E-state index in [9.17, 15) is 14.0 Å². The van der Waals surface area contributed by atoms with Crippen LogP contribution < -0.4 is 5.32 Å².